The summed E-state index contributed by atoms with van der Waals surface area (Å²) in [5.74, 6) is 0. The highest BCUT2D eigenvalue weighted by Crippen LogP contribution is 2.45. The van der Waals surface area contributed by atoms with Gasteiger partial charge in [0.2, 0.25) is 0 Å². The molecule has 0 aliphatic carbocycles. The Kier molecular flexibility index (Phi) is 6.15. The van der Waals surface area contributed by atoms with Crippen LogP contribution in [0.25, 0.3) is 120 Å². The van der Waals surface area contributed by atoms with E-state index in [4.69, 9.17) is 0 Å². The molecular formula is C54H32. The molecule has 54 heavy (non-hydrogen) atoms. The van der Waals surface area contributed by atoms with E-state index in [0.717, 1.165) is 0 Å². The summed E-state index contributed by atoms with van der Waals surface area (Å²) in [6.45, 7) is 0. The van der Waals surface area contributed by atoms with E-state index in [1.54, 1.807) is 0 Å². The Hall–Kier alpha value is -7.02. The van der Waals surface area contributed by atoms with Crippen LogP contribution < -0.4 is 0 Å². The van der Waals surface area contributed by atoms with Crippen LogP contribution in [0.1, 0.15) is 0 Å². The van der Waals surface area contributed by atoms with Gasteiger partial charge in [-0.05, 0) is 138 Å². The first-order valence-corrected chi connectivity index (χ1v) is 18.8. The largest absolute Gasteiger partial charge is 0.0622 e. The topological polar surface area (TPSA) is 0 Å². The lowest BCUT2D eigenvalue weighted by Crippen LogP contribution is -1.92. The standard InChI is InChI=1S/C54H32/c1-2-8-33(9-3-1)49-31-41(24-27-46(49)45-26-21-39-19-17-35-12-7-14-37-23-29-48(45)54(39)52(35)37)50-32-42(30-40-10-4-5-15-43(40)50)44-25-20-38-18-16-34-11-6-13-36-22-28-47(44)53(38)51(34)36/h1-32H. The molecule has 0 amide bonds. The molecule has 0 saturated heterocycles. The Bertz CT molecular complexity index is 3390. The molecule has 0 bridgehead atoms. The Morgan fingerprint density at radius 3 is 1.33 bits per heavy atom. The maximum absolute atomic E-state index is 2.43. The highest BCUT2D eigenvalue weighted by atomic mass is 14.2. The molecule has 0 saturated carbocycles. The average Bonchev–Trinajstić information content (AvgIpc) is 3.24. The molecular weight excluding hydrogens is 649 g/mol. The number of hydrogen-bond donors (Lipinski definition) is 0. The molecule has 0 fully saturated rings. The molecule has 0 spiro atoms. The summed E-state index contributed by atoms with van der Waals surface area (Å²) in [5, 5.41) is 18.2. The van der Waals surface area contributed by atoms with E-state index in [0.29, 0.717) is 0 Å². The van der Waals surface area contributed by atoms with Crippen LogP contribution in [0.3, 0.4) is 0 Å². The molecule has 12 rings (SSSR count). The fourth-order valence-electron chi connectivity index (χ4n) is 9.47. The first-order chi connectivity index (χ1) is 26.8. The average molecular weight is 681 g/mol. The van der Waals surface area contributed by atoms with Gasteiger partial charge in [0.05, 0.1) is 0 Å². The van der Waals surface area contributed by atoms with Gasteiger partial charge >= 0.3 is 0 Å². The van der Waals surface area contributed by atoms with E-state index in [1.165, 1.54) is 120 Å². The predicted molar refractivity (Wildman–Crippen MR) is 233 cm³/mol. The van der Waals surface area contributed by atoms with Crippen LogP contribution >= 0.6 is 0 Å². The van der Waals surface area contributed by atoms with Gasteiger partial charge in [0.25, 0.3) is 0 Å². The van der Waals surface area contributed by atoms with E-state index >= 15 is 0 Å². The molecule has 248 valence electrons. The van der Waals surface area contributed by atoms with Crippen molar-refractivity contribution in [3.8, 4) is 44.5 Å². The van der Waals surface area contributed by atoms with Gasteiger partial charge in [-0.15, -0.1) is 0 Å². The van der Waals surface area contributed by atoms with E-state index in [9.17, 15) is 0 Å². The third kappa shape index (κ3) is 4.26. The minimum Gasteiger partial charge on any atom is -0.0622 e. The number of benzene rings is 12. The molecule has 0 aliphatic heterocycles. The van der Waals surface area contributed by atoms with Crippen molar-refractivity contribution in [3.05, 3.63) is 194 Å². The second-order valence-electron chi connectivity index (χ2n) is 14.8. The van der Waals surface area contributed by atoms with Crippen LogP contribution in [0.5, 0.6) is 0 Å². The van der Waals surface area contributed by atoms with Crippen LogP contribution in [0.4, 0.5) is 0 Å². The zero-order valence-corrected chi connectivity index (χ0v) is 29.5. The minimum atomic E-state index is 1.21. The van der Waals surface area contributed by atoms with Crippen LogP contribution in [-0.2, 0) is 0 Å². The van der Waals surface area contributed by atoms with Crippen molar-refractivity contribution in [1.29, 1.82) is 0 Å². The van der Waals surface area contributed by atoms with Crippen LogP contribution in [0, 0.1) is 0 Å². The van der Waals surface area contributed by atoms with E-state index in [-0.39, 0.29) is 0 Å². The Morgan fingerprint density at radius 1 is 0.185 bits per heavy atom. The van der Waals surface area contributed by atoms with Crippen LogP contribution in [0.15, 0.2) is 194 Å². The SMILES string of the molecule is c1ccc(-c2cc(-c3cc(-c4ccc5ccc6cccc7ccc4c5c67)cc4ccccc34)ccc2-c2ccc3ccc4cccc5ccc2c3c45)cc1. The van der Waals surface area contributed by atoms with Crippen molar-refractivity contribution in [3.63, 3.8) is 0 Å². The summed E-state index contributed by atoms with van der Waals surface area (Å²) in [5.41, 5.74) is 9.92. The van der Waals surface area contributed by atoms with E-state index in [1.807, 2.05) is 0 Å². The first-order valence-electron chi connectivity index (χ1n) is 18.8. The molecule has 0 atom stereocenters. The van der Waals surface area contributed by atoms with Crippen molar-refractivity contribution < 1.29 is 0 Å². The molecule has 12 aromatic rings. The van der Waals surface area contributed by atoms with E-state index < -0.39 is 0 Å². The van der Waals surface area contributed by atoms with Gasteiger partial charge in [0, 0.05) is 0 Å². The van der Waals surface area contributed by atoms with Gasteiger partial charge in [-0.3, -0.25) is 0 Å². The van der Waals surface area contributed by atoms with Gasteiger partial charge in [0.15, 0.2) is 0 Å². The summed E-state index contributed by atoms with van der Waals surface area (Å²) in [4.78, 5) is 0. The highest BCUT2D eigenvalue weighted by Gasteiger charge is 2.18. The maximum Gasteiger partial charge on any atom is -0.00206 e. The lowest BCUT2D eigenvalue weighted by atomic mass is 9.85. The second kappa shape index (κ2) is 11.2. The zero-order valence-electron chi connectivity index (χ0n) is 29.5. The highest BCUT2D eigenvalue weighted by molar-refractivity contribution is 6.27. The Morgan fingerprint density at radius 2 is 0.667 bits per heavy atom. The van der Waals surface area contributed by atoms with Gasteiger partial charge in [-0.1, -0.05) is 176 Å². The van der Waals surface area contributed by atoms with Crippen molar-refractivity contribution in [2.24, 2.45) is 0 Å². The van der Waals surface area contributed by atoms with Crippen molar-refractivity contribution >= 4 is 75.4 Å². The van der Waals surface area contributed by atoms with Crippen LogP contribution in [0.2, 0.25) is 0 Å². The summed E-state index contributed by atoms with van der Waals surface area (Å²) < 4.78 is 0. The Labute approximate surface area is 312 Å². The normalized spacial score (nSPS) is 12.1. The molecule has 0 heterocycles. The molecule has 0 aliphatic rings. The van der Waals surface area contributed by atoms with Gasteiger partial charge in [0.1, 0.15) is 0 Å². The number of fused-ring (bicyclic) bond motifs is 1. The maximum atomic E-state index is 2.43. The summed E-state index contributed by atoms with van der Waals surface area (Å²) in [7, 11) is 0. The van der Waals surface area contributed by atoms with Crippen molar-refractivity contribution in [2.75, 3.05) is 0 Å². The number of hydrogen-bond acceptors (Lipinski definition) is 0. The first kappa shape index (κ1) is 29.5. The monoisotopic (exact) mass is 680 g/mol. The molecule has 0 N–H and O–H groups in total. The van der Waals surface area contributed by atoms with Gasteiger partial charge in [-0.2, -0.15) is 0 Å². The van der Waals surface area contributed by atoms with Crippen molar-refractivity contribution in [1.82, 2.24) is 0 Å². The van der Waals surface area contributed by atoms with Gasteiger partial charge in [-0.25, -0.2) is 0 Å². The second-order valence-corrected chi connectivity index (χ2v) is 14.8. The summed E-state index contributed by atoms with van der Waals surface area (Å²) in [6.07, 6.45) is 0. The molecule has 0 radical (unpaired) electrons. The third-order valence-corrected chi connectivity index (χ3v) is 11.9. The number of rotatable bonds is 4. The van der Waals surface area contributed by atoms with E-state index in [2.05, 4.69) is 194 Å². The molecule has 0 aromatic heterocycles. The quantitative estimate of drug-likeness (QED) is 0.162. The molecule has 0 heteroatoms. The minimum absolute atomic E-state index is 1.21. The molecule has 0 unspecified atom stereocenters. The molecule has 0 nitrogen and oxygen atoms in total. The summed E-state index contributed by atoms with van der Waals surface area (Å²) >= 11 is 0. The lowest BCUT2D eigenvalue weighted by Gasteiger charge is -2.19. The fraction of sp³-hybridized carbons (Fsp3) is 0. The Balaban J connectivity index is 1.10. The predicted octanol–water partition coefficient (Wildman–Crippen LogP) is 15.3. The third-order valence-electron chi connectivity index (χ3n) is 11.9. The van der Waals surface area contributed by atoms with Gasteiger partial charge < -0.3 is 0 Å². The summed E-state index contributed by atoms with van der Waals surface area (Å²) in [6, 6.07) is 72.5. The fourth-order valence-corrected chi connectivity index (χ4v) is 9.47. The molecule has 12 aromatic carbocycles. The smallest absolute Gasteiger partial charge is 0.00206 e. The van der Waals surface area contributed by atoms with Crippen LogP contribution in [-0.4, -0.2) is 0 Å². The lowest BCUT2D eigenvalue weighted by molar-refractivity contribution is 1.59. The zero-order chi connectivity index (χ0) is 35.3. The van der Waals surface area contributed by atoms with Crippen molar-refractivity contribution in [2.45, 2.75) is 0 Å².